The summed E-state index contributed by atoms with van der Waals surface area (Å²) in [6.07, 6.45) is 2.95. The minimum atomic E-state index is -4.85. The highest BCUT2D eigenvalue weighted by molar-refractivity contribution is 7.93. The molecule has 48 heavy (non-hydrogen) atoms. The van der Waals surface area contributed by atoms with Crippen LogP contribution in [0, 0.1) is 22.9 Å². The standard InChI is InChI=1S/C31H32F3N7O4S3/c1-17-13-35-14-18(2)41(17)30-39-26(20-5-3-8-23(25(20)34)40-48(44,45)28-21(32)6-4-7-22(28)33)27(46-30)24-9-10-36-29(38-24)37-19-11-31(12-19)15-47(42,43)16-31/h3-10,17-19,35,40H,11-16H2,1-2H3,(H,36,37,38). The number of sulfone groups is 1. The van der Waals surface area contributed by atoms with E-state index in [2.05, 4.69) is 20.5 Å². The van der Waals surface area contributed by atoms with E-state index in [1.165, 1.54) is 23.5 Å². The summed E-state index contributed by atoms with van der Waals surface area (Å²) in [6.45, 7) is 5.51. The van der Waals surface area contributed by atoms with Crippen LogP contribution >= 0.6 is 11.3 Å². The highest BCUT2D eigenvalue weighted by Gasteiger charge is 2.56. The minimum absolute atomic E-state index is 0.0104. The maximum Gasteiger partial charge on any atom is 0.267 e. The minimum Gasteiger partial charge on any atom is -0.351 e. The first kappa shape index (κ1) is 32.7. The first-order valence-corrected chi connectivity index (χ1v) is 19.4. The average molecular weight is 720 g/mol. The lowest BCUT2D eigenvalue weighted by Gasteiger charge is -2.53. The van der Waals surface area contributed by atoms with E-state index in [1.807, 2.05) is 18.6 Å². The molecule has 3 fully saturated rings. The van der Waals surface area contributed by atoms with Crippen LogP contribution in [0.1, 0.15) is 26.7 Å². The van der Waals surface area contributed by atoms with Gasteiger partial charge in [-0.25, -0.2) is 45.0 Å². The Hall–Kier alpha value is -3.80. The molecule has 254 valence electrons. The van der Waals surface area contributed by atoms with Crippen molar-refractivity contribution in [3.8, 4) is 21.8 Å². The third-order valence-corrected chi connectivity index (χ3v) is 13.6. The van der Waals surface area contributed by atoms with Crippen LogP contribution in [0.15, 0.2) is 53.6 Å². The summed E-state index contributed by atoms with van der Waals surface area (Å²) in [5.41, 5.74) is -0.0812. The Balaban J connectivity index is 1.25. The van der Waals surface area contributed by atoms with Gasteiger partial charge in [0, 0.05) is 48.4 Å². The Morgan fingerprint density at radius 3 is 2.31 bits per heavy atom. The van der Waals surface area contributed by atoms with Crippen LogP contribution in [-0.4, -0.2) is 74.5 Å². The van der Waals surface area contributed by atoms with Gasteiger partial charge < -0.3 is 15.5 Å². The van der Waals surface area contributed by atoms with Crippen LogP contribution in [0.25, 0.3) is 21.8 Å². The molecular weight excluding hydrogens is 688 g/mol. The molecule has 2 aromatic carbocycles. The number of sulfonamides is 1. The zero-order valence-corrected chi connectivity index (χ0v) is 28.3. The van der Waals surface area contributed by atoms with Crippen LogP contribution in [-0.2, 0) is 19.9 Å². The van der Waals surface area contributed by atoms with Gasteiger partial charge in [-0.1, -0.05) is 23.5 Å². The van der Waals surface area contributed by atoms with Gasteiger partial charge in [-0.2, -0.15) is 0 Å². The van der Waals surface area contributed by atoms with Gasteiger partial charge in [-0.15, -0.1) is 0 Å². The Morgan fingerprint density at radius 2 is 1.65 bits per heavy atom. The third-order valence-electron chi connectivity index (χ3n) is 8.98. The molecule has 4 aromatic rings. The Bertz CT molecular complexity index is 2080. The molecule has 1 aliphatic carbocycles. The molecule has 4 heterocycles. The van der Waals surface area contributed by atoms with Gasteiger partial charge in [0.1, 0.15) is 11.6 Å². The fourth-order valence-corrected chi connectivity index (χ4v) is 11.7. The summed E-state index contributed by atoms with van der Waals surface area (Å²) in [5, 5.41) is 7.28. The molecule has 7 rings (SSSR count). The maximum absolute atomic E-state index is 16.3. The van der Waals surface area contributed by atoms with E-state index in [0.29, 0.717) is 47.6 Å². The molecule has 1 saturated carbocycles. The van der Waals surface area contributed by atoms with E-state index in [9.17, 15) is 25.6 Å². The predicted molar refractivity (Wildman–Crippen MR) is 178 cm³/mol. The van der Waals surface area contributed by atoms with Crippen molar-refractivity contribution in [1.29, 1.82) is 0 Å². The summed E-state index contributed by atoms with van der Waals surface area (Å²) in [5.74, 6) is -2.88. The first-order valence-electron chi connectivity index (χ1n) is 15.3. The number of hydrogen-bond acceptors (Lipinski definition) is 11. The molecule has 3 aliphatic rings. The Morgan fingerprint density at radius 1 is 0.979 bits per heavy atom. The number of hydrogen-bond donors (Lipinski definition) is 3. The topological polar surface area (TPSA) is 146 Å². The number of aromatic nitrogens is 3. The molecule has 2 atom stereocenters. The van der Waals surface area contributed by atoms with E-state index in [1.54, 1.807) is 12.3 Å². The molecule has 2 unspecified atom stereocenters. The van der Waals surface area contributed by atoms with Crippen molar-refractivity contribution in [2.75, 3.05) is 39.5 Å². The van der Waals surface area contributed by atoms with Crippen LogP contribution < -0.4 is 20.3 Å². The Labute approximate surface area is 280 Å². The van der Waals surface area contributed by atoms with E-state index >= 15 is 4.39 Å². The van der Waals surface area contributed by atoms with Gasteiger partial charge in [0.05, 0.1) is 33.5 Å². The molecule has 17 heteroatoms. The van der Waals surface area contributed by atoms with Crippen LogP contribution in [0.4, 0.5) is 29.9 Å². The number of thiazole rings is 1. The average Bonchev–Trinajstić information content (AvgIpc) is 3.41. The number of rotatable bonds is 8. The zero-order chi connectivity index (χ0) is 34.0. The summed E-state index contributed by atoms with van der Waals surface area (Å²) in [6, 6.07) is 8.47. The lowest BCUT2D eigenvalue weighted by atomic mass is 9.67. The highest BCUT2D eigenvalue weighted by Crippen LogP contribution is 2.51. The number of anilines is 3. The van der Waals surface area contributed by atoms with Crippen molar-refractivity contribution >= 4 is 48.0 Å². The van der Waals surface area contributed by atoms with Gasteiger partial charge in [-0.05, 0) is 57.0 Å². The number of halogens is 3. The lowest BCUT2D eigenvalue weighted by Crippen LogP contribution is -2.60. The molecule has 0 bridgehead atoms. The fraction of sp³-hybridized carbons (Fsp3) is 0.387. The molecular formula is C31H32F3N7O4S3. The van der Waals surface area contributed by atoms with Crippen molar-refractivity contribution in [3.05, 3.63) is 66.1 Å². The number of benzene rings is 2. The summed E-state index contributed by atoms with van der Waals surface area (Å²) in [7, 11) is -7.79. The first-order chi connectivity index (χ1) is 22.7. The second-order valence-electron chi connectivity index (χ2n) is 12.8. The molecule has 2 aliphatic heterocycles. The quantitative estimate of drug-likeness (QED) is 0.235. The maximum atomic E-state index is 16.3. The van der Waals surface area contributed by atoms with Gasteiger partial charge in [-0.3, -0.25) is 4.72 Å². The van der Waals surface area contributed by atoms with E-state index < -0.39 is 47.9 Å². The highest BCUT2D eigenvalue weighted by atomic mass is 32.2. The van der Waals surface area contributed by atoms with E-state index in [4.69, 9.17) is 9.97 Å². The van der Waals surface area contributed by atoms with Gasteiger partial charge >= 0.3 is 0 Å². The smallest absolute Gasteiger partial charge is 0.267 e. The van der Waals surface area contributed by atoms with E-state index in [-0.39, 0.29) is 46.3 Å². The second kappa shape index (κ2) is 12.0. The summed E-state index contributed by atoms with van der Waals surface area (Å²) < 4.78 is 96.6. The predicted octanol–water partition coefficient (Wildman–Crippen LogP) is 4.66. The van der Waals surface area contributed by atoms with Crippen LogP contribution in [0.3, 0.4) is 0 Å². The lowest BCUT2D eigenvalue weighted by molar-refractivity contribution is 0.153. The van der Waals surface area contributed by atoms with E-state index in [0.717, 1.165) is 24.3 Å². The van der Waals surface area contributed by atoms with Gasteiger partial charge in [0.2, 0.25) is 5.95 Å². The van der Waals surface area contributed by atoms with Crippen molar-refractivity contribution < 1.29 is 30.0 Å². The second-order valence-corrected chi connectivity index (χ2v) is 17.5. The summed E-state index contributed by atoms with van der Waals surface area (Å²) in [4.78, 5) is 15.4. The molecule has 2 aromatic heterocycles. The van der Waals surface area contributed by atoms with Crippen molar-refractivity contribution in [2.45, 2.75) is 49.7 Å². The van der Waals surface area contributed by atoms with Crippen molar-refractivity contribution in [3.63, 3.8) is 0 Å². The molecule has 2 saturated heterocycles. The van der Waals surface area contributed by atoms with Crippen molar-refractivity contribution in [2.24, 2.45) is 5.41 Å². The monoisotopic (exact) mass is 719 g/mol. The SMILES string of the molecule is CC1CNCC(C)N1c1nc(-c2cccc(NS(=O)(=O)c3c(F)cccc3F)c2F)c(-c2ccnc(NC3CC4(C3)CS(=O)(=O)C4)n2)s1. The zero-order valence-electron chi connectivity index (χ0n) is 25.9. The normalized spacial score (nSPS) is 21.8. The summed E-state index contributed by atoms with van der Waals surface area (Å²) >= 11 is 1.31. The largest absolute Gasteiger partial charge is 0.351 e. The Kier molecular flexibility index (Phi) is 8.16. The van der Waals surface area contributed by atoms with Gasteiger partial charge in [0.15, 0.2) is 25.7 Å². The molecule has 0 radical (unpaired) electrons. The van der Waals surface area contributed by atoms with Crippen LogP contribution in [0.2, 0.25) is 0 Å². The molecule has 3 N–H and O–H groups in total. The molecule has 0 amide bonds. The van der Waals surface area contributed by atoms with Gasteiger partial charge in [0.25, 0.3) is 10.0 Å². The fourth-order valence-electron chi connectivity index (χ4n) is 6.96. The molecule has 1 spiro atoms. The third kappa shape index (κ3) is 6.01. The molecule has 11 nitrogen and oxygen atoms in total. The number of nitrogens with zero attached hydrogens (tertiary/aromatic N) is 4. The van der Waals surface area contributed by atoms with Crippen LogP contribution in [0.5, 0.6) is 0 Å². The van der Waals surface area contributed by atoms with Crippen molar-refractivity contribution in [1.82, 2.24) is 20.3 Å². The number of piperazine rings is 1. The number of nitrogens with one attached hydrogen (secondary N) is 3.